The van der Waals surface area contributed by atoms with Crippen molar-refractivity contribution in [2.75, 3.05) is 18.0 Å². The lowest BCUT2D eigenvalue weighted by Gasteiger charge is -2.16. The average Bonchev–Trinajstić information content (AvgIpc) is 2.65. The Kier molecular flexibility index (Phi) is 2.29. The normalized spacial score (nSPS) is 20.9. The van der Waals surface area contributed by atoms with Crippen molar-refractivity contribution in [2.24, 2.45) is 0 Å². The number of aromatic nitrogens is 2. The summed E-state index contributed by atoms with van der Waals surface area (Å²) in [5, 5.41) is 18.2. The molecule has 0 unspecified atom stereocenters. The highest BCUT2D eigenvalue weighted by molar-refractivity contribution is 5.50. The molecule has 0 radical (unpaired) electrons. The summed E-state index contributed by atoms with van der Waals surface area (Å²) in [6, 6.07) is 1.99. The van der Waals surface area contributed by atoms with Gasteiger partial charge in [-0.25, -0.2) is 9.97 Å². The van der Waals surface area contributed by atoms with E-state index in [1.165, 1.54) is 6.20 Å². The van der Waals surface area contributed by atoms with Gasteiger partial charge >= 0.3 is 0 Å². The van der Waals surface area contributed by atoms with Crippen LogP contribution in [0.1, 0.15) is 12.1 Å². The molecule has 1 saturated heterocycles. The average molecular weight is 190 g/mol. The van der Waals surface area contributed by atoms with Crippen LogP contribution in [0.15, 0.2) is 12.4 Å². The molecule has 0 bridgehead atoms. The van der Waals surface area contributed by atoms with Gasteiger partial charge in [0, 0.05) is 25.5 Å². The predicted octanol–water partition coefficient (Wildman–Crippen LogP) is -0.0807. The van der Waals surface area contributed by atoms with Crippen LogP contribution in [-0.4, -0.2) is 34.3 Å². The summed E-state index contributed by atoms with van der Waals surface area (Å²) in [5.74, 6) is 0.576. The largest absolute Gasteiger partial charge is 0.391 e. The molecule has 1 atom stereocenters. The van der Waals surface area contributed by atoms with Crippen LogP contribution in [0.4, 0.5) is 5.82 Å². The third-order valence-electron chi connectivity index (χ3n) is 2.25. The first-order valence-corrected chi connectivity index (χ1v) is 4.45. The van der Waals surface area contributed by atoms with Crippen molar-refractivity contribution in [1.29, 1.82) is 5.26 Å². The van der Waals surface area contributed by atoms with Crippen molar-refractivity contribution in [1.82, 2.24) is 9.97 Å². The summed E-state index contributed by atoms with van der Waals surface area (Å²) in [7, 11) is 0. The van der Waals surface area contributed by atoms with Gasteiger partial charge in [-0.1, -0.05) is 0 Å². The minimum atomic E-state index is -0.316. The minimum absolute atomic E-state index is 0.316. The predicted molar refractivity (Wildman–Crippen MR) is 49.6 cm³/mol. The molecule has 1 aromatic rings. The molecule has 1 N–H and O–H groups in total. The second-order valence-corrected chi connectivity index (χ2v) is 3.23. The summed E-state index contributed by atoms with van der Waals surface area (Å²) in [6.07, 6.45) is 3.46. The lowest BCUT2D eigenvalue weighted by atomic mass is 10.3. The second kappa shape index (κ2) is 3.60. The van der Waals surface area contributed by atoms with Crippen LogP contribution in [0.25, 0.3) is 0 Å². The quantitative estimate of drug-likeness (QED) is 0.670. The highest BCUT2D eigenvalue weighted by Gasteiger charge is 2.23. The molecule has 0 spiro atoms. The van der Waals surface area contributed by atoms with Crippen LogP contribution in [0.2, 0.25) is 0 Å². The fourth-order valence-corrected chi connectivity index (χ4v) is 1.58. The molecule has 72 valence electrons. The first kappa shape index (κ1) is 8.91. The van der Waals surface area contributed by atoms with E-state index in [4.69, 9.17) is 5.26 Å². The number of rotatable bonds is 1. The van der Waals surface area contributed by atoms with Crippen molar-refractivity contribution in [3.05, 3.63) is 18.1 Å². The van der Waals surface area contributed by atoms with Crippen LogP contribution >= 0.6 is 0 Å². The molecule has 1 fully saturated rings. The third kappa shape index (κ3) is 1.52. The van der Waals surface area contributed by atoms with Crippen molar-refractivity contribution in [3.63, 3.8) is 0 Å². The fraction of sp³-hybridized carbons (Fsp3) is 0.444. The van der Waals surface area contributed by atoms with E-state index in [1.54, 1.807) is 6.20 Å². The van der Waals surface area contributed by atoms with Crippen LogP contribution < -0.4 is 4.90 Å². The molecule has 5 heteroatoms. The summed E-state index contributed by atoms with van der Waals surface area (Å²) in [6.45, 7) is 1.27. The fourth-order valence-electron chi connectivity index (χ4n) is 1.58. The van der Waals surface area contributed by atoms with Crippen LogP contribution in [0.3, 0.4) is 0 Å². The SMILES string of the molecule is N#Cc1nccnc1N1CC[C@@H](O)C1. The first-order valence-electron chi connectivity index (χ1n) is 4.45. The minimum Gasteiger partial charge on any atom is -0.391 e. The van der Waals surface area contributed by atoms with Gasteiger partial charge < -0.3 is 10.0 Å². The van der Waals surface area contributed by atoms with E-state index in [-0.39, 0.29) is 6.10 Å². The summed E-state index contributed by atoms with van der Waals surface area (Å²) in [5.41, 5.74) is 0.321. The molecule has 0 saturated carbocycles. The van der Waals surface area contributed by atoms with Gasteiger partial charge in [-0.2, -0.15) is 5.26 Å². The summed E-state index contributed by atoms with van der Waals surface area (Å²) >= 11 is 0. The van der Waals surface area contributed by atoms with Crippen molar-refractivity contribution >= 4 is 5.82 Å². The maximum absolute atomic E-state index is 9.35. The molecule has 0 aliphatic carbocycles. The first-order chi connectivity index (χ1) is 6.81. The molecule has 0 aromatic carbocycles. The number of aliphatic hydroxyl groups excluding tert-OH is 1. The summed E-state index contributed by atoms with van der Waals surface area (Å²) < 4.78 is 0. The van der Waals surface area contributed by atoms with Gasteiger partial charge in [-0.3, -0.25) is 0 Å². The van der Waals surface area contributed by atoms with E-state index in [0.717, 1.165) is 13.0 Å². The van der Waals surface area contributed by atoms with Crippen molar-refractivity contribution in [2.45, 2.75) is 12.5 Å². The zero-order valence-corrected chi connectivity index (χ0v) is 7.59. The van der Waals surface area contributed by atoms with E-state index in [2.05, 4.69) is 9.97 Å². The standard InChI is InChI=1S/C9H10N4O/c10-5-8-9(12-3-2-11-8)13-4-1-7(14)6-13/h2-3,7,14H,1,4,6H2/t7-/m1/s1. The molecule has 2 rings (SSSR count). The molecule has 14 heavy (non-hydrogen) atoms. The lowest BCUT2D eigenvalue weighted by molar-refractivity contribution is 0.198. The van der Waals surface area contributed by atoms with Gasteiger partial charge in [0.15, 0.2) is 11.5 Å². The molecule has 0 amide bonds. The van der Waals surface area contributed by atoms with E-state index >= 15 is 0 Å². The Morgan fingerprint density at radius 3 is 2.93 bits per heavy atom. The van der Waals surface area contributed by atoms with Crippen LogP contribution in [0.5, 0.6) is 0 Å². The Balaban J connectivity index is 2.28. The van der Waals surface area contributed by atoms with Gasteiger partial charge in [0.2, 0.25) is 0 Å². The van der Waals surface area contributed by atoms with Crippen LogP contribution in [-0.2, 0) is 0 Å². The smallest absolute Gasteiger partial charge is 0.183 e. The molecule has 1 aromatic heterocycles. The number of aliphatic hydroxyl groups is 1. The van der Waals surface area contributed by atoms with Crippen molar-refractivity contribution < 1.29 is 5.11 Å². The summed E-state index contributed by atoms with van der Waals surface area (Å²) in [4.78, 5) is 9.90. The number of nitrogens with zero attached hydrogens (tertiary/aromatic N) is 4. The second-order valence-electron chi connectivity index (χ2n) is 3.23. The number of β-amino-alcohol motifs (C(OH)–C–C–N with tert-alkyl or cyclic N) is 1. The number of hydrogen-bond donors (Lipinski definition) is 1. The Morgan fingerprint density at radius 2 is 2.29 bits per heavy atom. The molecular formula is C9H10N4O. The van der Waals surface area contributed by atoms with E-state index in [9.17, 15) is 5.11 Å². The number of hydrogen-bond acceptors (Lipinski definition) is 5. The van der Waals surface area contributed by atoms with E-state index < -0.39 is 0 Å². The van der Waals surface area contributed by atoms with E-state index in [1.807, 2.05) is 11.0 Å². The maximum Gasteiger partial charge on any atom is 0.183 e. The molecule has 1 aliphatic rings. The molecule has 2 heterocycles. The molecule has 1 aliphatic heterocycles. The highest BCUT2D eigenvalue weighted by Crippen LogP contribution is 2.19. The number of nitriles is 1. The maximum atomic E-state index is 9.35. The monoisotopic (exact) mass is 190 g/mol. The molecular weight excluding hydrogens is 180 g/mol. The Morgan fingerprint density at radius 1 is 1.50 bits per heavy atom. The van der Waals surface area contributed by atoms with Crippen molar-refractivity contribution in [3.8, 4) is 6.07 Å². The Labute approximate surface area is 81.6 Å². The highest BCUT2D eigenvalue weighted by atomic mass is 16.3. The van der Waals surface area contributed by atoms with Crippen LogP contribution in [0, 0.1) is 11.3 Å². The van der Waals surface area contributed by atoms with Gasteiger partial charge in [0.05, 0.1) is 6.10 Å². The Bertz CT molecular complexity index is 373. The zero-order chi connectivity index (χ0) is 9.97. The lowest BCUT2D eigenvalue weighted by Crippen LogP contribution is -2.23. The van der Waals surface area contributed by atoms with Gasteiger partial charge in [0.1, 0.15) is 6.07 Å². The Hall–Kier alpha value is -1.67. The van der Waals surface area contributed by atoms with Gasteiger partial charge in [-0.15, -0.1) is 0 Å². The van der Waals surface area contributed by atoms with Gasteiger partial charge in [0.25, 0.3) is 0 Å². The topological polar surface area (TPSA) is 73.0 Å². The third-order valence-corrected chi connectivity index (χ3v) is 2.25. The van der Waals surface area contributed by atoms with E-state index in [0.29, 0.717) is 18.1 Å². The van der Waals surface area contributed by atoms with Gasteiger partial charge in [-0.05, 0) is 6.42 Å². The molecule has 5 nitrogen and oxygen atoms in total. The number of anilines is 1. The zero-order valence-electron chi connectivity index (χ0n) is 7.59.